The first-order valence-electron chi connectivity index (χ1n) is 7.31. The number of benzene rings is 1. The van der Waals surface area contributed by atoms with Gasteiger partial charge in [-0.2, -0.15) is 5.10 Å². The Bertz CT molecular complexity index is 952. The number of carbonyl (C=O) groups is 1. The lowest BCUT2D eigenvalue weighted by Gasteiger charge is -2.03. The molecule has 0 radical (unpaired) electrons. The summed E-state index contributed by atoms with van der Waals surface area (Å²) in [5.41, 5.74) is 3.80. The number of nitrogens with zero attached hydrogens (tertiary/aromatic N) is 3. The van der Waals surface area contributed by atoms with Crippen molar-refractivity contribution in [1.29, 1.82) is 0 Å². The van der Waals surface area contributed by atoms with Gasteiger partial charge in [-0.25, -0.2) is 5.43 Å². The number of pyridine rings is 1. The molecule has 0 atom stereocenters. The number of hydrogen-bond acceptors (Lipinski definition) is 5. The SMILES string of the molecule is O=C(N/N=C\c1sc(=O)n(Cc2ccccc2)c1Cl)c1ccncc1. The quantitative estimate of drug-likeness (QED) is 0.552. The van der Waals surface area contributed by atoms with Crippen LogP contribution in [0.15, 0.2) is 64.8 Å². The van der Waals surface area contributed by atoms with Crippen molar-refractivity contribution >= 4 is 35.1 Å². The molecular formula is C17H13ClN4O2S. The molecule has 0 saturated heterocycles. The van der Waals surface area contributed by atoms with Gasteiger partial charge >= 0.3 is 4.87 Å². The van der Waals surface area contributed by atoms with Crippen LogP contribution in [0.4, 0.5) is 0 Å². The average Bonchev–Trinajstić information content (AvgIpc) is 2.91. The van der Waals surface area contributed by atoms with E-state index in [0.717, 1.165) is 16.9 Å². The number of rotatable bonds is 5. The summed E-state index contributed by atoms with van der Waals surface area (Å²) in [4.78, 5) is 28.2. The molecule has 0 saturated carbocycles. The molecule has 0 spiro atoms. The van der Waals surface area contributed by atoms with Crippen molar-refractivity contribution in [3.05, 3.63) is 85.7 Å². The zero-order valence-electron chi connectivity index (χ0n) is 12.9. The molecule has 1 N–H and O–H groups in total. The molecule has 0 bridgehead atoms. The van der Waals surface area contributed by atoms with E-state index >= 15 is 0 Å². The van der Waals surface area contributed by atoms with Crippen LogP contribution < -0.4 is 10.3 Å². The minimum Gasteiger partial charge on any atom is -0.284 e. The molecule has 0 fully saturated rings. The van der Waals surface area contributed by atoms with Crippen LogP contribution in [0.5, 0.6) is 0 Å². The number of aromatic nitrogens is 2. The number of halogens is 1. The van der Waals surface area contributed by atoms with E-state index in [0.29, 0.717) is 22.1 Å². The number of hydrogen-bond donors (Lipinski definition) is 1. The third kappa shape index (κ3) is 4.20. The summed E-state index contributed by atoms with van der Waals surface area (Å²) in [7, 11) is 0. The summed E-state index contributed by atoms with van der Waals surface area (Å²) in [5.74, 6) is -0.370. The van der Waals surface area contributed by atoms with Crippen LogP contribution in [-0.4, -0.2) is 21.7 Å². The number of thiazole rings is 1. The lowest BCUT2D eigenvalue weighted by molar-refractivity contribution is 0.0955. The molecule has 3 aromatic rings. The Labute approximate surface area is 152 Å². The monoisotopic (exact) mass is 372 g/mol. The van der Waals surface area contributed by atoms with E-state index in [4.69, 9.17) is 11.6 Å². The van der Waals surface area contributed by atoms with Crippen LogP contribution in [0.25, 0.3) is 0 Å². The maximum atomic E-state index is 12.1. The lowest BCUT2D eigenvalue weighted by Crippen LogP contribution is -2.17. The Morgan fingerprint density at radius 1 is 1.24 bits per heavy atom. The molecule has 1 aromatic carbocycles. The number of hydrazone groups is 1. The second kappa shape index (κ2) is 7.87. The van der Waals surface area contributed by atoms with Crippen molar-refractivity contribution in [2.24, 2.45) is 5.10 Å². The maximum absolute atomic E-state index is 12.1. The molecule has 1 amide bonds. The van der Waals surface area contributed by atoms with Crippen molar-refractivity contribution in [3.8, 4) is 0 Å². The molecule has 0 unspecified atom stereocenters. The smallest absolute Gasteiger partial charge is 0.284 e. The number of carbonyl (C=O) groups excluding carboxylic acids is 1. The van der Waals surface area contributed by atoms with Gasteiger partial charge in [0.05, 0.1) is 17.6 Å². The van der Waals surface area contributed by atoms with Gasteiger partial charge in [0.1, 0.15) is 5.15 Å². The lowest BCUT2D eigenvalue weighted by atomic mass is 10.2. The highest BCUT2D eigenvalue weighted by molar-refractivity contribution is 7.11. The Morgan fingerprint density at radius 2 is 1.96 bits per heavy atom. The van der Waals surface area contributed by atoms with Crippen molar-refractivity contribution in [3.63, 3.8) is 0 Å². The van der Waals surface area contributed by atoms with E-state index in [-0.39, 0.29) is 10.8 Å². The molecule has 3 rings (SSSR count). The van der Waals surface area contributed by atoms with E-state index in [2.05, 4.69) is 15.5 Å². The first kappa shape index (κ1) is 17.1. The Balaban J connectivity index is 1.72. The van der Waals surface area contributed by atoms with Crippen molar-refractivity contribution in [2.75, 3.05) is 0 Å². The minimum atomic E-state index is -0.370. The topological polar surface area (TPSA) is 76.3 Å². The van der Waals surface area contributed by atoms with E-state index in [1.54, 1.807) is 12.1 Å². The van der Waals surface area contributed by atoms with Crippen LogP contribution in [0.1, 0.15) is 20.8 Å². The van der Waals surface area contributed by atoms with Crippen LogP contribution in [0.2, 0.25) is 5.15 Å². The predicted octanol–water partition coefficient (Wildman–Crippen LogP) is 2.77. The fourth-order valence-corrected chi connectivity index (χ4v) is 3.21. The van der Waals surface area contributed by atoms with E-state index < -0.39 is 0 Å². The molecule has 0 aliphatic rings. The third-order valence-electron chi connectivity index (χ3n) is 3.33. The third-order valence-corrected chi connectivity index (χ3v) is 4.77. The highest BCUT2D eigenvalue weighted by Gasteiger charge is 2.12. The summed E-state index contributed by atoms with van der Waals surface area (Å²) in [6.45, 7) is 0.381. The summed E-state index contributed by atoms with van der Waals surface area (Å²) in [6.07, 6.45) is 4.41. The predicted molar refractivity (Wildman–Crippen MR) is 98.4 cm³/mol. The average molecular weight is 373 g/mol. The molecule has 2 aromatic heterocycles. The molecule has 6 nitrogen and oxygen atoms in total. The van der Waals surface area contributed by atoms with E-state index in [1.807, 2.05) is 30.3 Å². The molecule has 0 aliphatic heterocycles. The van der Waals surface area contributed by atoms with Gasteiger partial charge in [-0.05, 0) is 17.7 Å². The second-order valence-corrected chi connectivity index (χ2v) is 6.38. The Morgan fingerprint density at radius 3 is 2.68 bits per heavy atom. The van der Waals surface area contributed by atoms with Crippen molar-refractivity contribution in [2.45, 2.75) is 6.54 Å². The summed E-state index contributed by atoms with van der Waals surface area (Å²) in [5, 5.41) is 4.16. The highest BCUT2D eigenvalue weighted by atomic mass is 35.5. The van der Waals surface area contributed by atoms with Gasteiger partial charge in [-0.1, -0.05) is 53.3 Å². The standard InChI is InChI=1S/C17H13ClN4O2S/c18-15-14(10-20-21-16(23)13-6-8-19-9-7-13)25-17(24)22(15)11-12-4-2-1-3-5-12/h1-10H,11H2,(H,21,23)/b20-10-. The van der Waals surface area contributed by atoms with E-state index in [1.165, 1.54) is 23.2 Å². The van der Waals surface area contributed by atoms with Gasteiger partial charge in [0.25, 0.3) is 5.91 Å². The molecule has 0 aliphatic carbocycles. The zero-order valence-corrected chi connectivity index (χ0v) is 14.5. The minimum absolute atomic E-state index is 0.184. The summed E-state index contributed by atoms with van der Waals surface area (Å²) < 4.78 is 1.47. The summed E-state index contributed by atoms with van der Waals surface area (Å²) >= 11 is 7.25. The highest BCUT2D eigenvalue weighted by Crippen LogP contribution is 2.18. The normalized spacial score (nSPS) is 10.9. The fourth-order valence-electron chi connectivity index (χ4n) is 2.10. The Kier molecular flexibility index (Phi) is 5.37. The van der Waals surface area contributed by atoms with Gasteiger partial charge in [-0.3, -0.25) is 19.1 Å². The van der Waals surface area contributed by atoms with Crippen LogP contribution >= 0.6 is 22.9 Å². The largest absolute Gasteiger partial charge is 0.309 e. The van der Waals surface area contributed by atoms with Gasteiger partial charge in [0, 0.05) is 18.0 Å². The Hall–Kier alpha value is -2.77. The first-order chi connectivity index (χ1) is 12.1. The van der Waals surface area contributed by atoms with Crippen LogP contribution in [-0.2, 0) is 6.54 Å². The molecular weight excluding hydrogens is 360 g/mol. The zero-order chi connectivity index (χ0) is 17.6. The fraction of sp³-hybridized carbons (Fsp3) is 0.0588. The van der Waals surface area contributed by atoms with Crippen LogP contribution in [0, 0.1) is 0 Å². The number of amides is 1. The van der Waals surface area contributed by atoms with Crippen molar-refractivity contribution < 1.29 is 4.79 Å². The van der Waals surface area contributed by atoms with Gasteiger partial charge in [0.15, 0.2) is 0 Å². The van der Waals surface area contributed by atoms with Crippen LogP contribution in [0.3, 0.4) is 0 Å². The molecule has 126 valence electrons. The molecule has 2 heterocycles. The second-order valence-electron chi connectivity index (χ2n) is 5.03. The maximum Gasteiger partial charge on any atom is 0.309 e. The molecule has 8 heteroatoms. The van der Waals surface area contributed by atoms with Crippen molar-refractivity contribution in [1.82, 2.24) is 15.0 Å². The van der Waals surface area contributed by atoms with Gasteiger partial charge in [-0.15, -0.1) is 0 Å². The summed E-state index contributed by atoms with van der Waals surface area (Å²) in [6, 6.07) is 12.7. The number of nitrogens with one attached hydrogen (secondary N) is 1. The van der Waals surface area contributed by atoms with Gasteiger partial charge < -0.3 is 0 Å². The van der Waals surface area contributed by atoms with Gasteiger partial charge in [0.2, 0.25) is 0 Å². The molecule has 25 heavy (non-hydrogen) atoms. The first-order valence-corrected chi connectivity index (χ1v) is 8.51. The van der Waals surface area contributed by atoms with E-state index in [9.17, 15) is 9.59 Å².